The fourth-order valence-electron chi connectivity index (χ4n) is 5.95. The number of nitrogens with one attached hydrogen (secondary N) is 2. The predicted octanol–water partition coefficient (Wildman–Crippen LogP) is 6.01. The standard InChI is InChI=1S/C29H35N5OS/c1-20-19-24(21(2)34(20)23-13-7-4-8-14-23)28-27(25-15-9-10-17-30-25)32-29(36)33(28)18-16-26(35)31-22-11-5-3-6-12-22/h3,5-6,9-12,15,17,19,23,27-28H,4,7-8,13-14,16,18H2,1-2H3,(H,31,35)(H,32,36). The smallest absolute Gasteiger partial charge is 0.226 e. The molecule has 1 saturated heterocycles. The highest BCUT2D eigenvalue weighted by atomic mass is 32.1. The van der Waals surface area contributed by atoms with Crippen molar-refractivity contribution < 1.29 is 4.79 Å². The van der Waals surface area contributed by atoms with E-state index in [0.29, 0.717) is 24.1 Å². The normalized spacial score (nSPS) is 20.4. The van der Waals surface area contributed by atoms with Crippen LogP contribution in [-0.2, 0) is 4.79 Å². The molecule has 2 aliphatic rings. The first kappa shape index (κ1) is 24.5. The molecule has 0 bridgehead atoms. The second-order valence-corrected chi connectivity index (χ2v) is 10.4. The fraction of sp³-hybridized carbons (Fsp3) is 0.414. The maximum atomic E-state index is 12.8. The maximum Gasteiger partial charge on any atom is 0.226 e. The lowest BCUT2D eigenvalue weighted by atomic mass is 9.94. The molecular weight excluding hydrogens is 466 g/mol. The summed E-state index contributed by atoms with van der Waals surface area (Å²) < 4.78 is 2.55. The summed E-state index contributed by atoms with van der Waals surface area (Å²) in [6.07, 6.45) is 8.59. The summed E-state index contributed by atoms with van der Waals surface area (Å²) in [5, 5.41) is 7.20. The van der Waals surface area contributed by atoms with Gasteiger partial charge in [-0.15, -0.1) is 0 Å². The third-order valence-electron chi connectivity index (χ3n) is 7.62. The third-order valence-corrected chi connectivity index (χ3v) is 7.97. The van der Waals surface area contributed by atoms with E-state index in [-0.39, 0.29) is 18.0 Å². The summed E-state index contributed by atoms with van der Waals surface area (Å²) in [5.41, 5.74) is 5.64. The number of aromatic nitrogens is 2. The van der Waals surface area contributed by atoms with Crippen LogP contribution in [-0.4, -0.2) is 32.0 Å². The van der Waals surface area contributed by atoms with E-state index in [1.165, 1.54) is 49.1 Å². The lowest BCUT2D eigenvalue weighted by Crippen LogP contribution is -2.33. The van der Waals surface area contributed by atoms with Gasteiger partial charge in [-0.25, -0.2) is 0 Å². The van der Waals surface area contributed by atoms with Gasteiger partial charge >= 0.3 is 0 Å². The Hall–Kier alpha value is -3.19. The van der Waals surface area contributed by atoms with Gasteiger partial charge in [-0.2, -0.15) is 0 Å². The van der Waals surface area contributed by atoms with E-state index in [1.807, 2.05) is 48.7 Å². The molecule has 1 saturated carbocycles. The number of carbonyl (C=O) groups is 1. The van der Waals surface area contributed by atoms with Crippen LogP contribution in [0.2, 0.25) is 0 Å². The van der Waals surface area contributed by atoms with Crippen molar-refractivity contribution in [3.63, 3.8) is 0 Å². The summed E-state index contributed by atoms with van der Waals surface area (Å²) in [7, 11) is 0. The predicted molar refractivity (Wildman–Crippen MR) is 148 cm³/mol. The largest absolute Gasteiger partial charge is 0.352 e. The average Bonchev–Trinajstić information content (AvgIpc) is 3.38. The minimum Gasteiger partial charge on any atom is -0.352 e. The van der Waals surface area contributed by atoms with Crippen molar-refractivity contribution in [2.75, 3.05) is 11.9 Å². The Balaban J connectivity index is 1.43. The highest BCUT2D eigenvalue weighted by molar-refractivity contribution is 7.80. The molecule has 5 rings (SSSR count). The molecule has 2 aromatic heterocycles. The summed E-state index contributed by atoms with van der Waals surface area (Å²) in [5.74, 6) is -0.0169. The second-order valence-electron chi connectivity index (χ2n) is 9.97. The van der Waals surface area contributed by atoms with E-state index in [2.05, 4.69) is 51.1 Å². The van der Waals surface area contributed by atoms with Crippen LogP contribution >= 0.6 is 12.2 Å². The molecule has 3 aromatic rings. The van der Waals surface area contributed by atoms with Crippen LogP contribution in [0.15, 0.2) is 60.8 Å². The van der Waals surface area contributed by atoms with Crippen molar-refractivity contribution in [1.29, 1.82) is 0 Å². The number of rotatable bonds is 7. The van der Waals surface area contributed by atoms with Gasteiger partial charge in [0.2, 0.25) is 5.91 Å². The van der Waals surface area contributed by atoms with E-state index in [9.17, 15) is 4.79 Å². The van der Waals surface area contributed by atoms with Crippen LogP contribution in [0.3, 0.4) is 0 Å². The van der Waals surface area contributed by atoms with Crippen LogP contribution in [0, 0.1) is 13.8 Å². The quantitative estimate of drug-likeness (QED) is 0.389. The van der Waals surface area contributed by atoms with Gasteiger partial charge < -0.3 is 20.1 Å². The van der Waals surface area contributed by atoms with E-state index < -0.39 is 0 Å². The minimum atomic E-state index is -0.0730. The lowest BCUT2D eigenvalue weighted by molar-refractivity contribution is -0.116. The van der Waals surface area contributed by atoms with Crippen molar-refractivity contribution in [3.8, 4) is 0 Å². The topological polar surface area (TPSA) is 62.2 Å². The van der Waals surface area contributed by atoms with Gasteiger partial charge in [-0.1, -0.05) is 43.5 Å². The molecule has 7 heteroatoms. The number of pyridine rings is 1. The molecule has 36 heavy (non-hydrogen) atoms. The molecular formula is C29H35N5OS. The molecule has 2 N–H and O–H groups in total. The van der Waals surface area contributed by atoms with E-state index in [0.717, 1.165) is 11.4 Å². The monoisotopic (exact) mass is 501 g/mol. The van der Waals surface area contributed by atoms with E-state index >= 15 is 0 Å². The first-order valence-corrected chi connectivity index (χ1v) is 13.4. The Bertz CT molecular complexity index is 1200. The lowest BCUT2D eigenvalue weighted by Gasteiger charge is -2.29. The molecule has 6 nitrogen and oxygen atoms in total. The number of hydrogen-bond acceptors (Lipinski definition) is 3. The fourth-order valence-corrected chi connectivity index (χ4v) is 6.29. The summed E-state index contributed by atoms with van der Waals surface area (Å²) in [4.78, 5) is 19.6. The molecule has 188 valence electrons. The first-order chi connectivity index (χ1) is 17.5. The minimum absolute atomic E-state index is 0.0169. The molecule has 0 radical (unpaired) electrons. The molecule has 1 aliphatic carbocycles. The summed E-state index contributed by atoms with van der Waals surface area (Å²) >= 11 is 5.83. The SMILES string of the molecule is Cc1cc(C2C(c3ccccn3)NC(=S)N2CCC(=O)Nc2ccccc2)c(C)n1C1CCCCC1. The van der Waals surface area contributed by atoms with Crippen molar-refractivity contribution in [1.82, 2.24) is 19.8 Å². The zero-order valence-corrected chi connectivity index (χ0v) is 21.9. The molecule has 1 aromatic carbocycles. The Morgan fingerprint density at radius 2 is 1.83 bits per heavy atom. The van der Waals surface area contributed by atoms with E-state index in [1.54, 1.807) is 0 Å². The van der Waals surface area contributed by atoms with Gasteiger partial charge in [0, 0.05) is 42.3 Å². The van der Waals surface area contributed by atoms with Crippen molar-refractivity contribution in [2.24, 2.45) is 0 Å². The number of amides is 1. The Morgan fingerprint density at radius 3 is 2.56 bits per heavy atom. The molecule has 2 fully saturated rings. The molecule has 2 atom stereocenters. The summed E-state index contributed by atoms with van der Waals surface area (Å²) in [6, 6.07) is 18.4. The number of para-hydroxylation sites is 1. The van der Waals surface area contributed by atoms with Gasteiger partial charge in [0.1, 0.15) is 0 Å². The van der Waals surface area contributed by atoms with Crippen LogP contribution in [0.4, 0.5) is 5.69 Å². The van der Waals surface area contributed by atoms with Crippen molar-refractivity contribution >= 4 is 28.9 Å². The zero-order valence-electron chi connectivity index (χ0n) is 21.1. The van der Waals surface area contributed by atoms with Crippen molar-refractivity contribution in [2.45, 2.75) is 70.5 Å². The first-order valence-electron chi connectivity index (χ1n) is 13.0. The number of anilines is 1. The molecule has 1 aliphatic heterocycles. The molecule has 0 spiro atoms. The summed E-state index contributed by atoms with van der Waals surface area (Å²) in [6.45, 7) is 5.00. The number of hydrogen-bond donors (Lipinski definition) is 2. The Labute approximate surface area is 219 Å². The van der Waals surface area contributed by atoms with Crippen LogP contribution in [0.25, 0.3) is 0 Å². The van der Waals surface area contributed by atoms with Gasteiger partial charge in [0.05, 0.1) is 17.8 Å². The second kappa shape index (κ2) is 10.8. The Morgan fingerprint density at radius 1 is 1.08 bits per heavy atom. The number of carbonyl (C=O) groups excluding carboxylic acids is 1. The maximum absolute atomic E-state index is 12.8. The van der Waals surface area contributed by atoms with Crippen LogP contribution in [0.1, 0.15) is 79.3 Å². The van der Waals surface area contributed by atoms with E-state index in [4.69, 9.17) is 12.2 Å². The Kier molecular flexibility index (Phi) is 7.37. The number of benzene rings is 1. The molecule has 2 unspecified atom stereocenters. The number of nitrogens with zero attached hydrogens (tertiary/aromatic N) is 3. The average molecular weight is 502 g/mol. The van der Waals surface area contributed by atoms with Crippen LogP contribution < -0.4 is 10.6 Å². The van der Waals surface area contributed by atoms with Gasteiger partial charge in [-0.3, -0.25) is 9.78 Å². The third kappa shape index (κ3) is 5.03. The molecule has 1 amide bonds. The highest BCUT2D eigenvalue weighted by Gasteiger charge is 2.41. The molecule has 3 heterocycles. The highest BCUT2D eigenvalue weighted by Crippen LogP contribution is 2.42. The van der Waals surface area contributed by atoms with Crippen LogP contribution in [0.5, 0.6) is 0 Å². The van der Waals surface area contributed by atoms with Crippen molar-refractivity contribution in [3.05, 3.63) is 83.4 Å². The van der Waals surface area contributed by atoms with Gasteiger partial charge in [0.15, 0.2) is 5.11 Å². The number of thiocarbonyl (C=S) groups is 1. The van der Waals surface area contributed by atoms with Gasteiger partial charge in [-0.05, 0) is 74.8 Å². The zero-order chi connectivity index (χ0) is 25.1. The number of aryl methyl sites for hydroxylation is 1. The van der Waals surface area contributed by atoms with Gasteiger partial charge in [0.25, 0.3) is 0 Å².